The Morgan fingerprint density at radius 3 is 2.62 bits per heavy atom. The number of aromatic carboxylic acids is 1. The molecule has 1 saturated heterocycles. The number of halogens is 1. The summed E-state index contributed by atoms with van der Waals surface area (Å²) in [5.41, 5.74) is 1.22. The van der Waals surface area contributed by atoms with Crippen LogP contribution in [0.1, 0.15) is 28.4 Å². The van der Waals surface area contributed by atoms with Gasteiger partial charge in [-0.05, 0) is 59.7 Å². The van der Waals surface area contributed by atoms with Gasteiger partial charge in [-0.25, -0.2) is 4.79 Å². The molecule has 1 aliphatic heterocycles. The predicted molar refractivity (Wildman–Crippen MR) is 116 cm³/mol. The van der Waals surface area contributed by atoms with Crippen LogP contribution in [0.25, 0.3) is 6.08 Å². The molecule has 1 aliphatic rings. The Bertz CT molecular complexity index is 1130. The number of benzene rings is 2. The molecule has 0 unspecified atom stereocenters. The number of imide groups is 1. The van der Waals surface area contributed by atoms with Crippen molar-refractivity contribution >= 4 is 52.5 Å². The standard InChI is InChI=1S/C22H18ClNO7S/c1-12(21(28)30-2)24-19(25)18(32-22(24)29)10-13-6-7-17(16(23)9-13)31-11-14-4-3-5-15(8-14)20(26)27/h3-10,12H,11H2,1-2H3,(H,26,27)/p-1/b18-10-/t12-/m0/s1. The first kappa shape index (κ1) is 23.4. The van der Waals surface area contributed by atoms with E-state index in [0.29, 0.717) is 16.9 Å². The van der Waals surface area contributed by atoms with E-state index in [-0.39, 0.29) is 22.1 Å². The van der Waals surface area contributed by atoms with Crippen molar-refractivity contribution in [1.29, 1.82) is 0 Å². The van der Waals surface area contributed by atoms with Crippen molar-refractivity contribution in [2.45, 2.75) is 19.6 Å². The Balaban J connectivity index is 1.72. The van der Waals surface area contributed by atoms with Crippen molar-refractivity contribution in [3.05, 3.63) is 69.1 Å². The van der Waals surface area contributed by atoms with Crippen molar-refractivity contribution in [2.75, 3.05) is 7.11 Å². The summed E-state index contributed by atoms with van der Waals surface area (Å²) in [6.45, 7) is 1.50. The monoisotopic (exact) mass is 474 g/mol. The molecular formula is C22H17ClNO7S-. The Labute approximate surface area is 192 Å². The molecule has 1 heterocycles. The Kier molecular flexibility index (Phi) is 7.22. The molecule has 0 aliphatic carbocycles. The largest absolute Gasteiger partial charge is 0.545 e. The smallest absolute Gasteiger partial charge is 0.328 e. The number of nitrogens with zero attached hydrogens (tertiary/aromatic N) is 1. The average molecular weight is 475 g/mol. The molecule has 0 saturated carbocycles. The fourth-order valence-corrected chi connectivity index (χ4v) is 4.07. The highest BCUT2D eigenvalue weighted by atomic mass is 35.5. The minimum absolute atomic E-state index is 0.0445. The summed E-state index contributed by atoms with van der Waals surface area (Å²) in [5, 5.41) is 10.7. The molecular weight excluding hydrogens is 458 g/mol. The zero-order valence-corrected chi connectivity index (χ0v) is 18.6. The first-order valence-corrected chi connectivity index (χ1v) is 10.5. The van der Waals surface area contributed by atoms with Gasteiger partial charge in [0.15, 0.2) is 0 Å². The van der Waals surface area contributed by atoms with Gasteiger partial charge in [0.25, 0.3) is 11.1 Å². The molecule has 3 rings (SSSR count). The first-order valence-electron chi connectivity index (χ1n) is 9.28. The van der Waals surface area contributed by atoms with E-state index in [9.17, 15) is 24.3 Å². The van der Waals surface area contributed by atoms with Crippen LogP contribution in [0.3, 0.4) is 0 Å². The molecule has 0 radical (unpaired) electrons. The number of carboxylic acid groups (broad SMARTS) is 1. The maximum absolute atomic E-state index is 12.6. The van der Waals surface area contributed by atoms with E-state index >= 15 is 0 Å². The molecule has 32 heavy (non-hydrogen) atoms. The van der Waals surface area contributed by atoms with Crippen LogP contribution in [0.15, 0.2) is 47.4 Å². The lowest BCUT2D eigenvalue weighted by Crippen LogP contribution is -2.42. The first-order chi connectivity index (χ1) is 15.2. The predicted octanol–water partition coefficient (Wildman–Crippen LogP) is 2.88. The highest BCUT2D eigenvalue weighted by Gasteiger charge is 2.41. The van der Waals surface area contributed by atoms with Gasteiger partial charge in [-0.15, -0.1) is 0 Å². The third-order valence-corrected chi connectivity index (χ3v) is 5.74. The zero-order chi connectivity index (χ0) is 23.4. The summed E-state index contributed by atoms with van der Waals surface area (Å²) in [6, 6.07) is 9.94. The highest BCUT2D eigenvalue weighted by molar-refractivity contribution is 8.18. The molecule has 2 aromatic rings. The molecule has 2 amide bonds. The number of hydrogen-bond donors (Lipinski definition) is 0. The van der Waals surface area contributed by atoms with Crippen LogP contribution in [0.2, 0.25) is 5.02 Å². The maximum Gasteiger partial charge on any atom is 0.328 e. The number of thioether (sulfide) groups is 1. The van der Waals surface area contributed by atoms with E-state index in [0.717, 1.165) is 16.7 Å². The number of rotatable bonds is 7. The summed E-state index contributed by atoms with van der Waals surface area (Å²) < 4.78 is 10.3. The summed E-state index contributed by atoms with van der Waals surface area (Å²) in [6.07, 6.45) is 1.49. The van der Waals surface area contributed by atoms with E-state index in [2.05, 4.69) is 4.74 Å². The van der Waals surface area contributed by atoms with Crippen molar-refractivity contribution in [1.82, 2.24) is 4.90 Å². The lowest BCUT2D eigenvalue weighted by molar-refractivity contribution is -0.255. The van der Waals surface area contributed by atoms with Crippen LogP contribution < -0.4 is 9.84 Å². The number of carbonyl (C=O) groups is 4. The summed E-state index contributed by atoms with van der Waals surface area (Å²) in [4.78, 5) is 48.4. The Morgan fingerprint density at radius 2 is 1.97 bits per heavy atom. The fraction of sp³-hybridized carbons (Fsp3) is 0.182. The molecule has 0 bridgehead atoms. The van der Waals surface area contributed by atoms with Gasteiger partial charge in [-0.3, -0.25) is 14.5 Å². The minimum atomic E-state index is -1.28. The molecule has 166 valence electrons. The van der Waals surface area contributed by atoms with Crippen molar-refractivity contribution in [3.8, 4) is 5.75 Å². The van der Waals surface area contributed by atoms with Gasteiger partial charge in [-0.2, -0.15) is 0 Å². The average Bonchev–Trinajstić information content (AvgIpc) is 3.04. The van der Waals surface area contributed by atoms with Gasteiger partial charge in [0.1, 0.15) is 18.4 Å². The minimum Gasteiger partial charge on any atom is -0.545 e. The van der Waals surface area contributed by atoms with Gasteiger partial charge in [0, 0.05) is 0 Å². The Hall–Kier alpha value is -3.30. The second-order valence-corrected chi connectivity index (χ2v) is 8.12. The van der Waals surface area contributed by atoms with Crippen molar-refractivity contribution in [3.63, 3.8) is 0 Å². The number of methoxy groups -OCH3 is 1. The summed E-state index contributed by atoms with van der Waals surface area (Å²) in [7, 11) is 1.18. The molecule has 0 spiro atoms. The van der Waals surface area contributed by atoms with E-state index in [1.54, 1.807) is 30.3 Å². The summed E-state index contributed by atoms with van der Waals surface area (Å²) in [5.74, 6) is -2.21. The van der Waals surface area contributed by atoms with Crippen LogP contribution in [0.5, 0.6) is 5.75 Å². The molecule has 0 aromatic heterocycles. The van der Waals surface area contributed by atoms with Gasteiger partial charge < -0.3 is 19.4 Å². The van der Waals surface area contributed by atoms with Crippen molar-refractivity contribution in [2.24, 2.45) is 0 Å². The van der Waals surface area contributed by atoms with Crippen LogP contribution in [-0.2, 0) is 20.9 Å². The summed E-state index contributed by atoms with van der Waals surface area (Å²) >= 11 is 7.00. The lowest BCUT2D eigenvalue weighted by Gasteiger charge is -2.18. The number of esters is 1. The molecule has 8 nitrogen and oxygen atoms in total. The molecule has 1 atom stereocenters. The fourth-order valence-electron chi connectivity index (χ4n) is 2.91. The lowest BCUT2D eigenvalue weighted by atomic mass is 10.1. The van der Waals surface area contributed by atoms with Crippen LogP contribution >= 0.6 is 23.4 Å². The van der Waals surface area contributed by atoms with E-state index < -0.39 is 29.1 Å². The number of ether oxygens (including phenoxy) is 2. The normalized spacial score (nSPS) is 15.7. The SMILES string of the molecule is COC(=O)[C@H](C)N1C(=O)S/C(=C\c2ccc(OCc3cccc(C(=O)[O-])c3)c(Cl)c2)C1=O. The second-order valence-electron chi connectivity index (χ2n) is 6.72. The number of amides is 2. The van der Waals surface area contributed by atoms with Crippen LogP contribution in [0, 0.1) is 0 Å². The van der Waals surface area contributed by atoms with Crippen LogP contribution in [0.4, 0.5) is 4.79 Å². The van der Waals surface area contributed by atoms with Crippen molar-refractivity contribution < 1.29 is 33.8 Å². The van der Waals surface area contributed by atoms with Gasteiger partial charge in [0.05, 0.1) is 23.0 Å². The van der Waals surface area contributed by atoms with E-state index in [4.69, 9.17) is 16.3 Å². The second kappa shape index (κ2) is 9.88. The van der Waals surface area contributed by atoms with E-state index in [1.165, 1.54) is 32.2 Å². The quantitative estimate of drug-likeness (QED) is 0.444. The Morgan fingerprint density at radius 1 is 1.22 bits per heavy atom. The third kappa shape index (κ3) is 5.12. The number of carboxylic acids is 1. The molecule has 10 heteroatoms. The zero-order valence-electron chi connectivity index (χ0n) is 17.0. The molecule has 1 fully saturated rings. The molecule has 2 aromatic carbocycles. The van der Waals surface area contributed by atoms with Gasteiger partial charge in [0.2, 0.25) is 0 Å². The van der Waals surface area contributed by atoms with Gasteiger partial charge >= 0.3 is 5.97 Å². The van der Waals surface area contributed by atoms with Gasteiger partial charge in [-0.1, -0.05) is 35.9 Å². The highest BCUT2D eigenvalue weighted by Crippen LogP contribution is 2.35. The number of carbonyl (C=O) groups excluding carboxylic acids is 4. The molecule has 0 N–H and O–H groups in total. The van der Waals surface area contributed by atoms with Crippen LogP contribution in [-0.4, -0.2) is 41.1 Å². The number of hydrogen-bond acceptors (Lipinski definition) is 8. The third-order valence-electron chi connectivity index (χ3n) is 4.56. The topological polar surface area (TPSA) is 113 Å². The van der Waals surface area contributed by atoms with E-state index in [1.807, 2.05) is 0 Å². The maximum atomic E-state index is 12.6.